The highest BCUT2D eigenvalue weighted by Crippen LogP contribution is 2.27. The molecule has 7 nitrogen and oxygen atoms in total. The van der Waals surface area contributed by atoms with Gasteiger partial charge in [-0.15, -0.1) is 0 Å². The van der Waals surface area contributed by atoms with E-state index in [4.69, 9.17) is 4.74 Å². The summed E-state index contributed by atoms with van der Waals surface area (Å²) in [5.74, 6) is 2.20. The van der Waals surface area contributed by atoms with E-state index < -0.39 is 0 Å². The lowest BCUT2D eigenvalue weighted by Gasteiger charge is -2.42. The molecule has 2 aliphatic rings. The Bertz CT molecular complexity index is 631. The Morgan fingerprint density at radius 2 is 2.04 bits per heavy atom. The summed E-state index contributed by atoms with van der Waals surface area (Å²) in [6.07, 6.45) is 6.27. The highest BCUT2D eigenvalue weighted by molar-refractivity contribution is 5.78. The van der Waals surface area contributed by atoms with Gasteiger partial charge in [-0.2, -0.15) is 0 Å². The van der Waals surface area contributed by atoms with Gasteiger partial charge in [0.05, 0.1) is 12.5 Å². The van der Waals surface area contributed by atoms with Crippen LogP contribution < -0.4 is 10.2 Å². The first kappa shape index (κ1) is 20.0. The summed E-state index contributed by atoms with van der Waals surface area (Å²) in [6, 6.07) is 0.569. The number of hydrogen-bond acceptors (Lipinski definition) is 6. The maximum Gasteiger partial charge on any atom is 0.224 e. The van der Waals surface area contributed by atoms with Crippen LogP contribution in [0.3, 0.4) is 0 Å². The minimum Gasteiger partial charge on any atom is -0.383 e. The van der Waals surface area contributed by atoms with E-state index in [-0.39, 0.29) is 11.8 Å². The molecular formula is C20H33N5O2. The minimum atomic E-state index is 0.111. The summed E-state index contributed by atoms with van der Waals surface area (Å²) >= 11 is 0. The molecule has 0 spiro atoms. The van der Waals surface area contributed by atoms with Crippen molar-refractivity contribution in [1.82, 2.24) is 20.2 Å². The number of aromatic nitrogens is 2. The van der Waals surface area contributed by atoms with Crippen molar-refractivity contribution in [3.8, 4) is 0 Å². The van der Waals surface area contributed by atoms with E-state index in [1.807, 2.05) is 13.1 Å². The first-order chi connectivity index (χ1) is 13.1. The SMILES string of the molecule is COCCNC(=O)[C@H]1CCCN(C2CCN(c3nc(C)ncc3C)CC2)C1. The number of hydrogen-bond donors (Lipinski definition) is 1. The van der Waals surface area contributed by atoms with Crippen molar-refractivity contribution in [3.05, 3.63) is 17.6 Å². The van der Waals surface area contributed by atoms with Gasteiger partial charge in [0.2, 0.25) is 5.91 Å². The zero-order valence-corrected chi connectivity index (χ0v) is 16.9. The van der Waals surface area contributed by atoms with Crippen LogP contribution in [0.4, 0.5) is 5.82 Å². The van der Waals surface area contributed by atoms with Gasteiger partial charge in [0, 0.05) is 51.1 Å². The molecule has 0 aliphatic carbocycles. The Balaban J connectivity index is 1.51. The summed E-state index contributed by atoms with van der Waals surface area (Å²) in [4.78, 5) is 26.2. The van der Waals surface area contributed by atoms with Crippen LogP contribution in [-0.4, -0.2) is 73.3 Å². The van der Waals surface area contributed by atoms with E-state index in [2.05, 4.69) is 32.0 Å². The molecule has 1 atom stereocenters. The molecule has 1 amide bonds. The van der Waals surface area contributed by atoms with Crippen LogP contribution >= 0.6 is 0 Å². The maximum atomic E-state index is 12.4. The lowest BCUT2D eigenvalue weighted by molar-refractivity contribution is -0.127. The first-order valence-electron chi connectivity index (χ1n) is 10.1. The molecule has 1 aromatic heterocycles. The number of amides is 1. The predicted octanol–water partition coefficient (Wildman–Crippen LogP) is 1.54. The lowest BCUT2D eigenvalue weighted by atomic mass is 9.93. The van der Waals surface area contributed by atoms with Crippen LogP contribution in [0, 0.1) is 19.8 Å². The quantitative estimate of drug-likeness (QED) is 0.761. The molecule has 0 unspecified atom stereocenters. The summed E-state index contributed by atoms with van der Waals surface area (Å²) in [7, 11) is 1.66. The number of aryl methyl sites for hydroxylation is 2. The number of nitrogens with zero attached hydrogens (tertiary/aromatic N) is 4. The highest BCUT2D eigenvalue weighted by Gasteiger charge is 2.32. The second kappa shape index (κ2) is 9.46. The molecule has 0 saturated carbocycles. The number of anilines is 1. The number of nitrogens with one attached hydrogen (secondary N) is 1. The number of methoxy groups -OCH3 is 1. The highest BCUT2D eigenvalue weighted by atomic mass is 16.5. The Morgan fingerprint density at radius 3 is 2.78 bits per heavy atom. The number of piperidine rings is 2. The van der Waals surface area contributed by atoms with Crippen LogP contribution in [0.25, 0.3) is 0 Å². The van der Waals surface area contributed by atoms with Gasteiger partial charge in [-0.3, -0.25) is 9.69 Å². The van der Waals surface area contributed by atoms with E-state index in [0.29, 0.717) is 19.2 Å². The average molecular weight is 376 g/mol. The molecule has 2 saturated heterocycles. The molecule has 0 bridgehead atoms. The zero-order valence-electron chi connectivity index (χ0n) is 16.9. The molecular weight excluding hydrogens is 342 g/mol. The third-order valence-electron chi connectivity index (χ3n) is 5.77. The fraction of sp³-hybridized carbons (Fsp3) is 0.750. The second-order valence-corrected chi connectivity index (χ2v) is 7.76. The van der Waals surface area contributed by atoms with Crippen LogP contribution in [-0.2, 0) is 9.53 Å². The Morgan fingerprint density at radius 1 is 1.26 bits per heavy atom. The minimum absolute atomic E-state index is 0.111. The van der Waals surface area contributed by atoms with Gasteiger partial charge in [-0.1, -0.05) is 0 Å². The van der Waals surface area contributed by atoms with Gasteiger partial charge >= 0.3 is 0 Å². The first-order valence-corrected chi connectivity index (χ1v) is 10.1. The van der Waals surface area contributed by atoms with Crippen LogP contribution in [0.15, 0.2) is 6.20 Å². The Hall–Kier alpha value is -1.73. The molecule has 1 aromatic rings. The normalized spacial score (nSPS) is 22.0. The molecule has 2 aliphatic heterocycles. The average Bonchev–Trinajstić information content (AvgIpc) is 2.70. The zero-order chi connectivity index (χ0) is 19.2. The van der Waals surface area contributed by atoms with Gasteiger partial charge < -0.3 is 15.0 Å². The fourth-order valence-corrected chi connectivity index (χ4v) is 4.25. The molecule has 150 valence electrons. The molecule has 0 aromatic carbocycles. The number of ether oxygens (including phenoxy) is 1. The standard InChI is InChI=1S/C20H33N5O2/c1-15-13-22-16(2)23-19(15)24-10-6-18(7-11-24)25-9-4-5-17(14-25)20(26)21-8-12-27-3/h13,17-18H,4-12,14H2,1-3H3,(H,21,26)/t17-/m0/s1. The van der Waals surface area contributed by atoms with Crippen LogP contribution in [0.2, 0.25) is 0 Å². The lowest BCUT2D eigenvalue weighted by Crippen LogP contribution is -2.51. The number of carbonyl (C=O) groups excluding carboxylic acids is 1. The van der Waals surface area contributed by atoms with Crippen molar-refractivity contribution < 1.29 is 9.53 Å². The van der Waals surface area contributed by atoms with Crippen molar-refractivity contribution >= 4 is 11.7 Å². The maximum absolute atomic E-state index is 12.4. The van der Waals surface area contributed by atoms with Gasteiger partial charge in [0.15, 0.2) is 0 Å². The van der Waals surface area contributed by atoms with Crippen LogP contribution in [0.1, 0.15) is 37.1 Å². The second-order valence-electron chi connectivity index (χ2n) is 7.76. The molecule has 3 rings (SSSR count). The van der Waals surface area contributed by atoms with Crippen LogP contribution in [0.5, 0.6) is 0 Å². The molecule has 1 N–H and O–H groups in total. The molecule has 7 heteroatoms. The number of likely N-dealkylation sites (tertiary alicyclic amines) is 1. The Labute approximate surface area is 162 Å². The van der Waals surface area contributed by atoms with E-state index in [1.54, 1.807) is 7.11 Å². The third-order valence-corrected chi connectivity index (χ3v) is 5.77. The van der Waals surface area contributed by atoms with Crippen molar-refractivity contribution in [1.29, 1.82) is 0 Å². The topological polar surface area (TPSA) is 70.6 Å². The predicted molar refractivity (Wildman–Crippen MR) is 106 cm³/mol. The smallest absolute Gasteiger partial charge is 0.224 e. The van der Waals surface area contributed by atoms with E-state index in [1.165, 1.54) is 0 Å². The monoisotopic (exact) mass is 375 g/mol. The largest absolute Gasteiger partial charge is 0.383 e. The van der Waals surface area contributed by atoms with Gasteiger partial charge in [0.1, 0.15) is 11.6 Å². The summed E-state index contributed by atoms with van der Waals surface area (Å²) < 4.78 is 5.02. The summed E-state index contributed by atoms with van der Waals surface area (Å²) in [5.41, 5.74) is 1.14. The van der Waals surface area contributed by atoms with Gasteiger partial charge in [-0.05, 0) is 46.1 Å². The van der Waals surface area contributed by atoms with Gasteiger partial charge in [0.25, 0.3) is 0 Å². The van der Waals surface area contributed by atoms with Crippen molar-refractivity contribution in [2.75, 3.05) is 51.3 Å². The van der Waals surface area contributed by atoms with Crippen molar-refractivity contribution in [2.45, 2.75) is 45.6 Å². The van der Waals surface area contributed by atoms with Gasteiger partial charge in [-0.25, -0.2) is 9.97 Å². The molecule has 3 heterocycles. The van der Waals surface area contributed by atoms with Crippen molar-refractivity contribution in [2.24, 2.45) is 5.92 Å². The molecule has 27 heavy (non-hydrogen) atoms. The number of rotatable bonds is 6. The van der Waals surface area contributed by atoms with E-state index in [0.717, 1.165) is 69.1 Å². The number of carbonyl (C=O) groups is 1. The third kappa shape index (κ3) is 5.17. The Kier molecular flexibility index (Phi) is 7.01. The van der Waals surface area contributed by atoms with Crippen molar-refractivity contribution in [3.63, 3.8) is 0 Å². The fourth-order valence-electron chi connectivity index (χ4n) is 4.25. The summed E-state index contributed by atoms with van der Waals surface area (Å²) in [5, 5.41) is 3.00. The molecule has 2 fully saturated rings. The van der Waals surface area contributed by atoms with E-state index in [9.17, 15) is 4.79 Å². The summed E-state index contributed by atoms with van der Waals surface area (Å²) in [6.45, 7) is 9.23. The molecule has 0 radical (unpaired) electrons. The van der Waals surface area contributed by atoms with E-state index >= 15 is 0 Å².